The molecule has 0 saturated heterocycles. The molecule has 0 amide bonds. The van der Waals surface area contributed by atoms with Gasteiger partial charge in [0.2, 0.25) is 0 Å². The van der Waals surface area contributed by atoms with E-state index in [-0.39, 0.29) is 43.1 Å². The number of aromatic hydroxyl groups is 2. The Hall–Kier alpha value is -3.56. The Morgan fingerprint density at radius 3 is 1.48 bits per heavy atom. The molecule has 0 fully saturated rings. The van der Waals surface area contributed by atoms with Crippen LogP contribution in [0, 0.1) is 26.7 Å². The molecule has 0 aliphatic heterocycles. The Bertz CT molecular complexity index is 1590. The van der Waals surface area contributed by atoms with E-state index < -0.39 is 0 Å². The number of aryl methyl sites for hydroxylation is 1. The van der Waals surface area contributed by atoms with Gasteiger partial charge in [0.05, 0.1) is 0 Å². The molecule has 0 radical (unpaired) electrons. The maximum atomic E-state index is 10.5. The molecule has 2 N–H and O–H groups in total. The van der Waals surface area contributed by atoms with Gasteiger partial charge in [-0.1, -0.05) is 86.6 Å². The van der Waals surface area contributed by atoms with Crippen LogP contribution in [0.25, 0.3) is 0 Å². The fourth-order valence-electron chi connectivity index (χ4n) is 4.93. The van der Waals surface area contributed by atoms with Crippen LogP contribution < -0.4 is 0 Å². The summed E-state index contributed by atoms with van der Waals surface area (Å²) in [5.41, 5.74) is 8.09. The van der Waals surface area contributed by atoms with Gasteiger partial charge in [0.15, 0.2) is 0 Å². The van der Waals surface area contributed by atoms with Gasteiger partial charge < -0.3 is 10.2 Å². The predicted molar refractivity (Wildman–Crippen MR) is 224 cm³/mol. The van der Waals surface area contributed by atoms with E-state index in [1.807, 2.05) is 99.8 Å². The molecular formula is C47H66N2O2Zr-2. The number of phenolic OH excluding ortho intramolecular Hbond substituents is 2. The smallest absolute Gasteiger partial charge is 0.128 e. The molecule has 0 aromatic heterocycles. The number of aliphatic imine (C=N–C) groups is 2. The van der Waals surface area contributed by atoms with Crippen molar-refractivity contribution in [3.05, 3.63) is 143 Å². The standard InChI is InChI=1S/C18H29NO.C15H23NO.2C7H7.Zr/c1-7-8-19-12-15-10-14(9-13(2)3)11-16(17(15)20)18(4,5)6;1-10(2)16-9-12-7-11(3)8-13(14(12)17)15(4,5)6;2*1-7-5-3-2-4-6-7;/h10-13,20H,7-9H2,1-6H3;7-10,17H,1-6H3;2*2-6H,1H2;/q;;2*-1;. The van der Waals surface area contributed by atoms with Crippen molar-refractivity contribution in [1.29, 1.82) is 0 Å². The number of hydrogen-bond donors (Lipinski definition) is 2. The summed E-state index contributed by atoms with van der Waals surface area (Å²) in [4.78, 5) is 8.71. The van der Waals surface area contributed by atoms with Gasteiger partial charge in [0.1, 0.15) is 11.5 Å². The van der Waals surface area contributed by atoms with Crippen LogP contribution >= 0.6 is 0 Å². The Labute approximate surface area is 337 Å². The van der Waals surface area contributed by atoms with E-state index >= 15 is 0 Å². The third kappa shape index (κ3) is 19.3. The Balaban J connectivity index is 0.000000725. The van der Waals surface area contributed by atoms with Gasteiger partial charge in [-0.25, -0.2) is 0 Å². The summed E-state index contributed by atoms with van der Waals surface area (Å²) >= 11 is 0. The molecule has 0 aliphatic rings. The third-order valence-corrected chi connectivity index (χ3v) is 7.52. The van der Waals surface area contributed by atoms with E-state index in [9.17, 15) is 10.2 Å². The minimum absolute atomic E-state index is 0. The molecule has 4 rings (SSSR count). The monoisotopic (exact) mass is 780 g/mol. The fraction of sp³-hybridized carbons (Fsp3) is 0.404. The first-order chi connectivity index (χ1) is 23.8. The minimum atomic E-state index is -0.0651. The van der Waals surface area contributed by atoms with Crippen LogP contribution in [0.1, 0.15) is 127 Å². The molecule has 52 heavy (non-hydrogen) atoms. The summed E-state index contributed by atoms with van der Waals surface area (Å²) < 4.78 is 0. The summed E-state index contributed by atoms with van der Waals surface area (Å²) in [7, 11) is 0. The number of phenols is 2. The van der Waals surface area contributed by atoms with E-state index in [0.717, 1.165) is 58.3 Å². The normalized spacial score (nSPS) is 11.3. The molecular weight excluding hydrogens is 716 g/mol. The molecule has 0 bridgehead atoms. The van der Waals surface area contributed by atoms with Crippen molar-refractivity contribution in [3.8, 4) is 11.5 Å². The van der Waals surface area contributed by atoms with Crippen LogP contribution in [0.5, 0.6) is 11.5 Å². The molecule has 0 spiro atoms. The van der Waals surface area contributed by atoms with E-state index in [1.165, 1.54) is 5.56 Å². The first-order valence-electron chi connectivity index (χ1n) is 18.2. The number of hydrogen-bond acceptors (Lipinski definition) is 4. The van der Waals surface area contributed by atoms with Crippen molar-refractivity contribution in [1.82, 2.24) is 0 Å². The molecule has 0 atom stereocenters. The van der Waals surface area contributed by atoms with Crippen molar-refractivity contribution in [2.75, 3.05) is 6.54 Å². The van der Waals surface area contributed by atoms with Crippen LogP contribution in [0.15, 0.2) is 94.9 Å². The van der Waals surface area contributed by atoms with Gasteiger partial charge in [-0.05, 0) is 73.6 Å². The number of benzene rings is 4. The van der Waals surface area contributed by atoms with E-state index in [0.29, 0.717) is 17.4 Å². The first kappa shape index (κ1) is 48.4. The zero-order chi connectivity index (χ0) is 38.8. The van der Waals surface area contributed by atoms with Gasteiger partial charge in [-0.2, -0.15) is 49.2 Å². The van der Waals surface area contributed by atoms with Crippen LogP contribution in [-0.4, -0.2) is 35.2 Å². The van der Waals surface area contributed by atoms with Crippen molar-refractivity contribution in [2.24, 2.45) is 15.9 Å². The third-order valence-electron chi connectivity index (χ3n) is 7.52. The zero-order valence-corrected chi connectivity index (χ0v) is 36.7. The zero-order valence-electron chi connectivity index (χ0n) is 34.2. The van der Waals surface area contributed by atoms with Crippen LogP contribution in [0.3, 0.4) is 0 Å². The predicted octanol–water partition coefficient (Wildman–Crippen LogP) is 12.3. The summed E-state index contributed by atoms with van der Waals surface area (Å²) in [6, 6.07) is 28.2. The van der Waals surface area contributed by atoms with Gasteiger partial charge in [0.25, 0.3) is 0 Å². The molecule has 0 unspecified atom stereocenters. The molecule has 4 aromatic carbocycles. The summed E-state index contributed by atoms with van der Waals surface area (Å²) in [5, 5.41) is 20.8. The van der Waals surface area contributed by atoms with Gasteiger partial charge in [-0.15, -0.1) is 24.3 Å². The number of nitrogens with zero attached hydrogens (tertiary/aromatic N) is 2. The maximum Gasteiger partial charge on any atom is 0.128 e. The average molecular weight is 782 g/mol. The second-order valence-electron chi connectivity index (χ2n) is 15.8. The maximum absolute atomic E-state index is 10.5. The number of rotatable bonds is 7. The molecule has 0 saturated carbocycles. The average Bonchev–Trinajstić information content (AvgIpc) is 3.03. The van der Waals surface area contributed by atoms with Crippen molar-refractivity contribution < 1.29 is 36.4 Å². The van der Waals surface area contributed by atoms with Gasteiger partial charge >= 0.3 is 0 Å². The fourth-order valence-corrected chi connectivity index (χ4v) is 4.93. The largest absolute Gasteiger partial charge is 0.507 e. The Kier molecular flexibility index (Phi) is 22.3. The molecule has 4 nitrogen and oxygen atoms in total. The quantitative estimate of drug-likeness (QED) is 0.145. The molecule has 0 aliphatic carbocycles. The Morgan fingerprint density at radius 2 is 1.12 bits per heavy atom. The second kappa shape index (κ2) is 23.9. The minimum Gasteiger partial charge on any atom is -0.507 e. The first-order valence-corrected chi connectivity index (χ1v) is 18.2. The molecule has 5 heteroatoms. The second-order valence-corrected chi connectivity index (χ2v) is 15.8. The van der Waals surface area contributed by atoms with Gasteiger partial charge in [0, 0.05) is 73.5 Å². The molecule has 4 aromatic rings. The summed E-state index contributed by atoms with van der Waals surface area (Å²) in [6.07, 6.45) is 5.63. The van der Waals surface area contributed by atoms with E-state index in [1.54, 1.807) is 6.21 Å². The van der Waals surface area contributed by atoms with Gasteiger partial charge in [-0.3, -0.25) is 9.98 Å². The molecule has 282 valence electrons. The van der Waals surface area contributed by atoms with E-state index in [2.05, 4.69) is 98.3 Å². The van der Waals surface area contributed by atoms with Crippen LogP contribution in [-0.2, 0) is 43.5 Å². The van der Waals surface area contributed by atoms with E-state index in [4.69, 9.17) is 0 Å². The molecule has 0 heterocycles. The Morgan fingerprint density at radius 1 is 0.673 bits per heavy atom. The summed E-state index contributed by atoms with van der Waals surface area (Å²) in [5.74, 6) is 1.34. The van der Waals surface area contributed by atoms with Crippen molar-refractivity contribution >= 4 is 12.4 Å². The van der Waals surface area contributed by atoms with Crippen LogP contribution in [0.2, 0.25) is 0 Å². The summed E-state index contributed by atoms with van der Waals surface area (Å²) in [6.45, 7) is 33.6. The van der Waals surface area contributed by atoms with Crippen molar-refractivity contribution in [2.45, 2.75) is 113 Å². The SMILES string of the molecule is CCCN=Cc1cc(CC(C)C)cc(C(C)(C)C)c1O.Cc1cc(C=NC(C)C)c(O)c(C(C)(C)C)c1.[CH2-]c1ccccc1.[CH2-]c1ccccc1.[Zr]. The van der Waals surface area contributed by atoms with Crippen molar-refractivity contribution in [3.63, 3.8) is 0 Å². The topological polar surface area (TPSA) is 65.2 Å². The van der Waals surface area contributed by atoms with Crippen LogP contribution in [0.4, 0.5) is 0 Å².